The first-order valence-electron chi connectivity index (χ1n) is 8.47. The lowest BCUT2D eigenvalue weighted by Crippen LogP contribution is -2.30. The average molecular weight is 384 g/mol. The van der Waals surface area contributed by atoms with Crippen molar-refractivity contribution in [1.82, 2.24) is 20.3 Å². The highest BCUT2D eigenvalue weighted by atomic mass is 16.5. The quantitative estimate of drug-likeness (QED) is 0.639. The first kappa shape index (κ1) is 19.2. The Hall–Kier alpha value is -3.62. The fourth-order valence-electron chi connectivity index (χ4n) is 2.94. The molecule has 9 nitrogen and oxygen atoms in total. The molecule has 0 bridgehead atoms. The van der Waals surface area contributed by atoms with Crippen LogP contribution in [0.1, 0.15) is 28.4 Å². The number of hydrogen-bond donors (Lipinski definition) is 2. The SMILES string of the molecule is COc1ccc(C(CC(=O)O)NC(=O)c2ccc3c(c2)nnn3C)c(OC)c1. The summed E-state index contributed by atoms with van der Waals surface area (Å²) in [5.41, 5.74) is 2.26. The van der Waals surface area contributed by atoms with E-state index in [9.17, 15) is 14.7 Å². The van der Waals surface area contributed by atoms with Crippen LogP contribution < -0.4 is 14.8 Å². The number of rotatable bonds is 7. The second kappa shape index (κ2) is 7.95. The number of aliphatic carboxylic acids is 1. The Bertz CT molecular complexity index is 1030. The lowest BCUT2D eigenvalue weighted by Gasteiger charge is -2.20. The monoisotopic (exact) mass is 384 g/mol. The van der Waals surface area contributed by atoms with Gasteiger partial charge in [-0.2, -0.15) is 0 Å². The summed E-state index contributed by atoms with van der Waals surface area (Å²) in [6, 6.07) is 9.21. The van der Waals surface area contributed by atoms with Gasteiger partial charge >= 0.3 is 5.97 Å². The Labute approximate surface area is 160 Å². The number of nitrogens with one attached hydrogen (secondary N) is 1. The highest BCUT2D eigenvalue weighted by Gasteiger charge is 2.23. The Balaban J connectivity index is 1.91. The molecule has 3 aromatic rings. The number of methoxy groups -OCH3 is 2. The van der Waals surface area contributed by atoms with Gasteiger partial charge in [-0.1, -0.05) is 5.21 Å². The number of nitrogens with zero attached hydrogens (tertiary/aromatic N) is 3. The van der Waals surface area contributed by atoms with E-state index in [1.165, 1.54) is 14.2 Å². The predicted octanol–water partition coefficient (Wildman–Crippen LogP) is 1.93. The fourth-order valence-corrected chi connectivity index (χ4v) is 2.94. The summed E-state index contributed by atoms with van der Waals surface area (Å²) in [6.45, 7) is 0. The molecule has 0 aliphatic rings. The molecule has 0 radical (unpaired) electrons. The molecule has 0 spiro atoms. The number of carbonyl (C=O) groups excluding carboxylic acids is 1. The molecule has 0 saturated heterocycles. The van der Waals surface area contributed by atoms with Gasteiger partial charge in [0.1, 0.15) is 17.0 Å². The summed E-state index contributed by atoms with van der Waals surface area (Å²) in [7, 11) is 4.75. The van der Waals surface area contributed by atoms with E-state index in [0.29, 0.717) is 28.1 Å². The zero-order valence-electron chi connectivity index (χ0n) is 15.7. The molecule has 2 N–H and O–H groups in total. The van der Waals surface area contributed by atoms with Gasteiger partial charge in [-0.25, -0.2) is 4.68 Å². The average Bonchev–Trinajstić information content (AvgIpc) is 3.06. The third kappa shape index (κ3) is 3.88. The van der Waals surface area contributed by atoms with E-state index >= 15 is 0 Å². The van der Waals surface area contributed by atoms with Crippen LogP contribution in [0, 0.1) is 0 Å². The van der Waals surface area contributed by atoms with Crippen LogP contribution in [0.25, 0.3) is 11.0 Å². The maximum atomic E-state index is 12.8. The van der Waals surface area contributed by atoms with Gasteiger partial charge < -0.3 is 19.9 Å². The second-order valence-electron chi connectivity index (χ2n) is 6.15. The van der Waals surface area contributed by atoms with Crippen LogP contribution in [0.4, 0.5) is 0 Å². The van der Waals surface area contributed by atoms with Gasteiger partial charge in [-0.05, 0) is 30.3 Å². The van der Waals surface area contributed by atoms with Crippen molar-refractivity contribution in [2.24, 2.45) is 7.05 Å². The van der Waals surface area contributed by atoms with Crippen molar-refractivity contribution >= 4 is 22.9 Å². The van der Waals surface area contributed by atoms with E-state index in [4.69, 9.17) is 9.47 Å². The van der Waals surface area contributed by atoms with Gasteiger partial charge in [-0.3, -0.25) is 9.59 Å². The zero-order valence-corrected chi connectivity index (χ0v) is 15.7. The molecule has 2 aromatic carbocycles. The molecule has 0 aliphatic heterocycles. The predicted molar refractivity (Wildman–Crippen MR) is 101 cm³/mol. The molecule has 1 aromatic heterocycles. The van der Waals surface area contributed by atoms with Crippen LogP contribution in [0.5, 0.6) is 11.5 Å². The summed E-state index contributed by atoms with van der Waals surface area (Å²) in [5, 5.41) is 20.0. The topological polar surface area (TPSA) is 116 Å². The van der Waals surface area contributed by atoms with Gasteiger partial charge in [-0.15, -0.1) is 5.10 Å². The second-order valence-corrected chi connectivity index (χ2v) is 6.15. The number of carboxylic acid groups (broad SMARTS) is 1. The number of aromatic nitrogens is 3. The highest BCUT2D eigenvalue weighted by Crippen LogP contribution is 2.31. The van der Waals surface area contributed by atoms with Crippen LogP contribution in [0.15, 0.2) is 36.4 Å². The largest absolute Gasteiger partial charge is 0.497 e. The molecule has 9 heteroatoms. The lowest BCUT2D eigenvalue weighted by molar-refractivity contribution is -0.137. The fraction of sp³-hybridized carbons (Fsp3) is 0.263. The Kier molecular flexibility index (Phi) is 5.44. The molecule has 3 rings (SSSR count). The van der Waals surface area contributed by atoms with Gasteiger partial charge in [0.25, 0.3) is 5.91 Å². The van der Waals surface area contributed by atoms with Crippen LogP contribution in [-0.2, 0) is 11.8 Å². The van der Waals surface area contributed by atoms with Gasteiger partial charge in [0, 0.05) is 24.2 Å². The molecular weight excluding hydrogens is 364 g/mol. The summed E-state index contributed by atoms with van der Waals surface area (Å²) in [5.74, 6) is -0.478. The molecule has 1 unspecified atom stereocenters. The van der Waals surface area contributed by atoms with Crippen molar-refractivity contribution < 1.29 is 24.2 Å². The van der Waals surface area contributed by atoms with E-state index in [1.54, 1.807) is 48.1 Å². The third-order valence-corrected chi connectivity index (χ3v) is 4.37. The molecule has 1 amide bonds. The van der Waals surface area contributed by atoms with Gasteiger partial charge in [0.2, 0.25) is 0 Å². The number of carboxylic acids is 1. The van der Waals surface area contributed by atoms with Crippen LogP contribution in [0.2, 0.25) is 0 Å². The van der Waals surface area contributed by atoms with E-state index in [2.05, 4.69) is 15.6 Å². The molecule has 0 aliphatic carbocycles. The summed E-state index contributed by atoms with van der Waals surface area (Å²) in [4.78, 5) is 24.1. The Morgan fingerprint density at radius 3 is 2.64 bits per heavy atom. The number of amides is 1. The number of fused-ring (bicyclic) bond motifs is 1. The number of carbonyl (C=O) groups is 2. The Morgan fingerprint density at radius 1 is 1.18 bits per heavy atom. The van der Waals surface area contributed by atoms with E-state index < -0.39 is 17.9 Å². The molecule has 146 valence electrons. The first-order valence-corrected chi connectivity index (χ1v) is 8.47. The van der Waals surface area contributed by atoms with Crippen molar-refractivity contribution in [2.45, 2.75) is 12.5 Å². The molecule has 0 saturated carbocycles. The van der Waals surface area contributed by atoms with Crippen molar-refractivity contribution in [3.8, 4) is 11.5 Å². The van der Waals surface area contributed by atoms with Crippen LogP contribution in [0.3, 0.4) is 0 Å². The van der Waals surface area contributed by atoms with Crippen molar-refractivity contribution in [1.29, 1.82) is 0 Å². The minimum Gasteiger partial charge on any atom is -0.497 e. The molecule has 28 heavy (non-hydrogen) atoms. The smallest absolute Gasteiger partial charge is 0.305 e. The third-order valence-electron chi connectivity index (χ3n) is 4.37. The summed E-state index contributed by atoms with van der Waals surface area (Å²) >= 11 is 0. The minimum atomic E-state index is -1.05. The number of benzene rings is 2. The van der Waals surface area contributed by atoms with E-state index in [0.717, 1.165) is 5.52 Å². The maximum absolute atomic E-state index is 12.8. The zero-order chi connectivity index (χ0) is 20.3. The van der Waals surface area contributed by atoms with E-state index in [-0.39, 0.29) is 6.42 Å². The Morgan fingerprint density at radius 2 is 1.96 bits per heavy atom. The molecule has 0 fully saturated rings. The lowest BCUT2D eigenvalue weighted by atomic mass is 10.0. The van der Waals surface area contributed by atoms with Gasteiger partial charge in [0.05, 0.1) is 32.2 Å². The molecular formula is C19H20N4O5. The molecule has 1 atom stereocenters. The number of hydrogen-bond acceptors (Lipinski definition) is 6. The number of aryl methyl sites for hydroxylation is 1. The van der Waals surface area contributed by atoms with E-state index in [1.807, 2.05) is 0 Å². The maximum Gasteiger partial charge on any atom is 0.305 e. The summed E-state index contributed by atoms with van der Waals surface area (Å²) < 4.78 is 12.1. The highest BCUT2D eigenvalue weighted by molar-refractivity contribution is 5.97. The van der Waals surface area contributed by atoms with Crippen molar-refractivity contribution in [2.75, 3.05) is 14.2 Å². The number of ether oxygens (including phenoxy) is 2. The normalized spacial score (nSPS) is 11.8. The van der Waals surface area contributed by atoms with Crippen molar-refractivity contribution in [3.63, 3.8) is 0 Å². The first-order chi connectivity index (χ1) is 13.4. The summed E-state index contributed by atoms with van der Waals surface area (Å²) in [6.07, 6.45) is -0.304. The van der Waals surface area contributed by atoms with Crippen LogP contribution in [-0.4, -0.2) is 46.2 Å². The molecule has 1 heterocycles. The minimum absolute atomic E-state index is 0.304. The van der Waals surface area contributed by atoms with Crippen LogP contribution >= 0.6 is 0 Å². The van der Waals surface area contributed by atoms with Crippen molar-refractivity contribution in [3.05, 3.63) is 47.5 Å². The standard InChI is InChI=1S/C19H20N4O5/c1-23-16-7-4-11(8-15(16)21-22-23)19(26)20-14(10-18(24)25)13-6-5-12(27-2)9-17(13)28-3/h4-9,14H,10H2,1-3H3,(H,20,26)(H,24,25). The van der Waals surface area contributed by atoms with Gasteiger partial charge in [0.15, 0.2) is 0 Å².